The lowest BCUT2D eigenvalue weighted by molar-refractivity contribution is -0.136. The van der Waals surface area contributed by atoms with Crippen LogP contribution in [0.2, 0.25) is 0 Å². The maximum absolute atomic E-state index is 11.8. The molecular formula is C8H12F3N3. The number of hydrogen-bond donors (Lipinski definition) is 1. The van der Waals surface area contributed by atoms with Crippen LogP contribution in [0.1, 0.15) is 18.5 Å². The van der Waals surface area contributed by atoms with E-state index in [9.17, 15) is 13.2 Å². The minimum Gasteiger partial charge on any atom is -0.396 e. The van der Waals surface area contributed by atoms with Gasteiger partial charge in [-0.2, -0.15) is 18.3 Å². The largest absolute Gasteiger partial charge is 0.396 e. The topological polar surface area (TPSA) is 43.8 Å². The predicted octanol–water partition coefficient (Wildman–Crippen LogP) is 2.12. The molecule has 0 atom stereocenters. The highest BCUT2D eigenvalue weighted by atomic mass is 19.4. The molecule has 1 aromatic heterocycles. The summed E-state index contributed by atoms with van der Waals surface area (Å²) in [7, 11) is 0. The van der Waals surface area contributed by atoms with Gasteiger partial charge in [-0.1, -0.05) is 0 Å². The molecule has 0 aliphatic heterocycles. The third kappa shape index (κ3) is 3.27. The number of rotatable bonds is 3. The Morgan fingerprint density at radius 2 is 2.14 bits per heavy atom. The fraction of sp³-hybridized carbons (Fsp3) is 0.625. The van der Waals surface area contributed by atoms with Gasteiger partial charge in [-0.25, -0.2) is 0 Å². The monoisotopic (exact) mass is 207 g/mol. The highest BCUT2D eigenvalue weighted by Gasteiger charge is 2.26. The number of halogens is 3. The Morgan fingerprint density at radius 1 is 1.50 bits per heavy atom. The Balaban J connectivity index is 2.39. The van der Waals surface area contributed by atoms with Gasteiger partial charge in [0.25, 0.3) is 0 Å². The van der Waals surface area contributed by atoms with E-state index in [1.807, 2.05) is 0 Å². The number of nitrogen functional groups attached to an aromatic ring is 1. The molecule has 0 bridgehead atoms. The third-order valence-corrected chi connectivity index (χ3v) is 1.83. The molecule has 0 aromatic carbocycles. The molecule has 0 radical (unpaired) electrons. The van der Waals surface area contributed by atoms with E-state index < -0.39 is 12.6 Å². The van der Waals surface area contributed by atoms with Crippen molar-refractivity contribution in [2.75, 3.05) is 5.73 Å². The normalized spacial score (nSPS) is 12.0. The maximum atomic E-state index is 11.8. The first-order valence-electron chi connectivity index (χ1n) is 4.25. The molecule has 0 aliphatic carbocycles. The summed E-state index contributed by atoms with van der Waals surface area (Å²) in [5.41, 5.74) is 6.65. The predicted molar refractivity (Wildman–Crippen MR) is 46.7 cm³/mol. The van der Waals surface area contributed by atoms with Gasteiger partial charge >= 0.3 is 6.18 Å². The van der Waals surface area contributed by atoms with Gasteiger partial charge in [0.1, 0.15) is 0 Å². The minimum atomic E-state index is -4.09. The highest BCUT2D eigenvalue weighted by Crippen LogP contribution is 2.21. The van der Waals surface area contributed by atoms with E-state index >= 15 is 0 Å². The number of nitrogens with two attached hydrogens (primary N) is 1. The second-order valence-corrected chi connectivity index (χ2v) is 3.15. The van der Waals surface area contributed by atoms with Crippen LogP contribution in [-0.4, -0.2) is 16.0 Å². The Hall–Kier alpha value is -1.20. The summed E-state index contributed by atoms with van der Waals surface area (Å²) in [6, 6.07) is 0. The molecule has 0 unspecified atom stereocenters. The fourth-order valence-corrected chi connectivity index (χ4v) is 1.09. The van der Waals surface area contributed by atoms with Gasteiger partial charge in [0.15, 0.2) is 0 Å². The van der Waals surface area contributed by atoms with Crippen molar-refractivity contribution in [3.8, 4) is 0 Å². The number of alkyl halides is 3. The van der Waals surface area contributed by atoms with E-state index in [0.29, 0.717) is 11.4 Å². The molecule has 0 saturated carbocycles. The van der Waals surface area contributed by atoms with Crippen molar-refractivity contribution in [2.24, 2.45) is 0 Å². The first-order chi connectivity index (χ1) is 6.38. The molecule has 0 aliphatic rings. The lowest BCUT2D eigenvalue weighted by atomic mass is 10.3. The summed E-state index contributed by atoms with van der Waals surface area (Å²) < 4.78 is 36.8. The van der Waals surface area contributed by atoms with Crippen LogP contribution in [-0.2, 0) is 6.54 Å². The van der Waals surface area contributed by atoms with E-state index in [2.05, 4.69) is 5.10 Å². The lowest BCUT2D eigenvalue weighted by Gasteiger charge is -2.05. The molecule has 0 amide bonds. The zero-order chi connectivity index (χ0) is 10.8. The SMILES string of the molecule is Cc1nn(CCCC(F)(F)F)cc1N. The zero-order valence-corrected chi connectivity index (χ0v) is 7.80. The van der Waals surface area contributed by atoms with E-state index in [0.717, 1.165) is 0 Å². The number of aryl methyl sites for hydroxylation is 2. The molecule has 1 heterocycles. The number of nitrogens with zero attached hydrogens (tertiary/aromatic N) is 2. The second kappa shape index (κ2) is 3.89. The quantitative estimate of drug-likeness (QED) is 0.824. The van der Waals surface area contributed by atoms with Gasteiger partial charge in [0.05, 0.1) is 11.4 Å². The standard InChI is InChI=1S/C8H12F3N3/c1-6-7(12)5-14(13-6)4-2-3-8(9,10)11/h5H,2-4,12H2,1H3. The third-order valence-electron chi connectivity index (χ3n) is 1.83. The van der Waals surface area contributed by atoms with Crippen LogP contribution >= 0.6 is 0 Å². The van der Waals surface area contributed by atoms with Gasteiger partial charge < -0.3 is 5.73 Å². The van der Waals surface area contributed by atoms with Gasteiger partial charge in [-0.15, -0.1) is 0 Å². The van der Waals surface area contributed by atoms with Gasteiger partial charge in [-0.3, -0.25) is 4.68 Å². The summed E-state index contributed by atoms with van der Waals surface area (Å²) in [5.74, 6) is 0. The lowest BCUT2D eigenvalue weighted by Crippen LogP contribution is -2.09. The van der Waals surface area contributed by atoms with Crippen molar-refractivity contribution in [3.05, 3.63) is 11.9 Å². The summed E-state index contributed by atoms with van der Waals surface area (Å²) in [4.78, 5) is 0. The van der Waals surface area contributed by atoms with Gasteiger partial charge in [-0.05, 0) is 13.3 Å². The van der Waals surface area contributed by atoms with Crippen molar-refractivity contribution in [1.29, 1.82) is 0 Å². The molecule has 14 heavy (non-hydrogen) atoms. The molecule has 1 rings (SSSR count). The first-order valence-corrected chi connectivity index (χ1v) is 4.25. The van der Waals surface area contributed by atoms with E-state index in [-0.39, 0.29) is 13.0 Å². The molecule has 0 fully saturated rings. The van der Waals surface area contributed by atoms with Crippen LogP contribution in [0.15, 0.2) is 6.20 Å². The Bertz CT molecular complexity index is 284. The molecular weight excluding hydrogens is 195 g/mol. The van der Waals surface area contributed by atoms with E-state index in [4.69, 9.17) is 5.73 Å². The minimum absolute atomic E-state index is 0.0318. The Labute approximate surface area is 79.7 Å². The molecule has 1 aromatic rings. The summed E-state index contributed by atoms with van der Waals surface area (Å²) in [5, 5.41) is 3.95. The van der Waals surface area contributed by atoms with Crippen LogP contribution in [0.3, 0.4) is 0 Å². The zero-order valence-electron chi connectivity index (χ0n) is 7.80. The van der Waals surface area contributed by atoms with E-state index in [1.165, 1.54) is 4.68 Å². The molecule has 6 heteroatoms. The van der Waals surface area contributed by atoms with Crippen molar-refractivity contribution in [2.45, 2.75) is 32.5 Å². The van der Waals surface area contributed by atoms with Crippen molar-refractivity contribution >= 4 is 5.69 Å². The fourth-order valence-electron chi connectivity index (χ4n) is 1.09. The number of hydrogen-bond acceptors (Lipinski definition) is 2. The van der Waals surface area contributed by atoms with Crippen LogP contribution in [0.5, 0.6) is 0 Å². The van der Waals surface area contributed by atoms with Crippen molar-refractivity contribution in [3.63, 3.8) is 0 Å². The maximum Gasteiger partial charge on any atom is 0.389 e. The van der Waals surface area contributed by atoms with Gasteiger partial charge in [0.2, 0.25) is 0 Å². The van der Waals surface area contributed by atoms with Gasteiger partial charge in [0, 0.05) is 19.2 Å². The average molecular weight is 207 g/mol. The van der Waals surface area contributed by atoms with Crippen LogP contribution in [0.4, 0.5) is 18.9 Å². The molecule has 0 spiro atoms. The molecule has 80 valence electrons. The van der Waals surface area contributed by atoms with Crippen LogP contribution < -0.4 is 5.73 Å². The van der Waals surface area contributed by atoms with Crippen LogP contribution in [0.25, 0.3) is 0 Å². The highest BCUT2D eigenvalue weighted by molar-refractivity contribution is 5.39. The number of anilines is 1. The smallest absolute Gasteiger partial charge is 0.389 e. The molecule has 3 nitrogen and oxygen atoms in total. The second-order valence-electron chi connectivity index (χ2n) is 3.15. The van der Waals surface area contributed by atoms with E-state index in [1.54, 1.807) is 13.1 Å². The summed E-state index contributed by atoms with van der Waals surface area (Å²) in [6.07, 6.45) is -3.30. The Morgan fingerprint density at radius 3 is 2.57 bits per heavy atom. The molecule has 2 N–H and O–H groups in total. The number of aromatic nitrogens is 2. The Kier molecular flexibility index (Phi) is 3.03. The van der Waals surface area contributed by atoms with Crippen LogP contribution in [0, 0.1) is 6.92 Å². The van der Waals surface area contributed by atoms with Crippen molar-refractivity contribution in [1.82, 2.24) is 9.78 Å². The first kappa shape index (κ1) is 10.9. The summed E-state index contributed by atoms with van der Waals surface area (Å²) >= 11 is 0. The average Bonchev–Trinajstić information content (AvgIpc) is 2.28. The van der Waals surface area contributed by atoms with Crippen molar-refractivity contribution < 1.29 is 13.2 Å². The summed E-state index contributed by atoms with van der Waals surface area (Å²) in [6.45, 7) is 1.97. The molecule has 0 saturated heterocycles.